The van der Waals surface area contributed by atoms with Gasteiger partial charge in [-0.2, -0.15) is 0 Å². The zero-order chi connectivity index (χ0) is 12.5. The molecule has 0 aromatic rings. The van der Waals surface area contributed by atoms with E-state index in [0.29, 0.717) is 25.8 Å². The minimum absolute atomic E-state index is 0.320. The van der Waals surface area contributed by atoms with Crippen LogP contribution in [0.3, 0.4) is 0 Å². The molecule has 0 radical (unpaired) electrons. The summed E-state index contributed by atoms with van der Waals surface area (Å²) < 4.78 is 25.8. The maximum Gasteiger partial charge on any atom is 0.240 e. The second kappa shape index (κ2) is 4.57. The molecule has 5 nitrogen and oxygen atoms in total. The van der Waals surface area contributed by atoms with Crippen molar-refractivity contribution < 1.29 is 13.2 Å². The highest BCUT2D eigenvalue weighted by Gasteiger charge is 2.43. The number of piperidine rings is 1. The van der Waals surface area contributed by atoms with Gasteiger partial charge in [0.25, 0.3) is 0 Å². The molecule has 1 aliphatic carbocycles. The zero-order valence-corrected chi connectivity index (χ0v) is 11.0. The molecule has 0 aromatic heterocycles. The van der Waals surface area contributed by atoms with E-state index in [0.717, 1.165) is 19.4 Å². The molecule has 1 aliphatic heterocycles. The fraction of sp³-hybridized carbons (Fsp3) is 0.909. The van der Waals surface area contributed by atoms with Crippen molar-refractivity contribution in [3.63, 3.8) is 0 Å². The van der Waals surface area contributed by atoms with E-state index in [2.05, 4.69) is 10.0 Å². The first-order chi connectivity index (χ1) is 8.00. The lowest BCUT2D eigenvalue weighted by Crippen LogP contribution is -2.52. The molecule has 17 heavy (non-hydrogen) atoms. The third-order valence-electron chi connectivity index (χ3n) is 3.83. The predicted octanol–water partition coefficient (Wildman–Crippen LogP) is 0.375. The summed E-state index contributed by atoms with van der Waals surface area (Å²) in [5, 5.41) is 2.85. The Morgan fingerprint density at radius 2 is 2.18 bits per heavy atom. The van der Waals surface area contributed by atoms with E-state index in [9.17, 15) is 13.2 Å². The molecule has 6 heteroatoms. The Bertz CT molecular complexity index is 395. The lowest BCUT2D eigenvalue weighted by Gasteiger charge is -2.35. The molecule has 1 atom stereocenters. The molecule has 1 heterocycles. The van der Waals surface area contributed by atoms with Gasteiger partial charge in [-0.15, -0.1) is 0 Å². The monoisotopic (exact) mass is 260 g/mol. The average molecular weight is 260 g/mol. The Morgan fingerprint density at radius 3 is 2.65 bits per heavy atom. The van der Waals surface area contributed by atoms with Gasteiger partial charge in [-0.3, -0.25) is 9.52 Å². The number of hydrogen-bond donors (Lipinski definition) is 2. The Kier molecular flexibility index (Phi) is 3.45. The summed E-state index contributed by atoms with van der Waals surface area (Å²) >= 11 is 0. The molecule has 1 amide bonds. The Balaban J connectivity index is 2.06. The van der Waals surface area contributed by atoms with Crippen LogP contribution >= 0.6 is 0 Å². The standard InChI is InChI=1S/C11H20N2O3S/c1-2-11(6-3-7-12-8-11)10(14)13-17(15,16)9-4-5-9/h9,12H,2-8H2,1H3,(H,13,14). The highest BCUT2D eigenvalue weighted by Crippen LogP contribution is 2.32. The minimum atomic E-state index is -3.41. The number of hydrogen-bond acceptors (Lipinski definition) is 4. The fourth-order valence-electron chi connectivity index (χ4n) is 2.32. The maximum atomic E-state index is 12.2. The highest BCUT2D eigenvalue weighted by molar-refractivity contribution is 7.90. The Hall–Kier alpha value is -0.620. The molecule has 2 fully saturated rings. The van der Waals surface area contributed by atoms with Gasteiger partial charge in [0.15, 0.2) is 0 Å². The summed E-state index contributed by atoms with van der Waals surface area (Å²) in [6, 6.07) is 0. The third kappa shape index (κ3) is 2.63. The van der Waals surface area contributed by atoms with Crippen LogP contribution in [0, 0.1) is 5.41 Å². The molecule has 2 aliphatic rings. The van der Waals surface area contributed by atoms with Crippen molar-refractivity contribution in [2.24, 2.45) is 5.41 Å². The molecule has 2 rings (SSSR count). The van der Waals surface area contributed by atoms with E-state index in [4.69, 9.17) is 0 Å². The van der Waals surface area contributed by atoms with Gasteiger partial charge < -0.3 is 5.32 Å². The lowest BCUT2D eigenvalue weighted by atomic mass is 9.78. The first-order valence-corrected chi connectivity index (χ1v) is 7.81. The van der Waals surface area contributed by atoms with E-state index >= 15 is 0 Å². The Labute approximate surface area is 102 Å². The van der Waals surface area contributed by atoms with E-state index in [1.54, 1.807) is 0 Å². The van der Waals surface area contributed by atoms with E-state index in [-0.39, 0.29) is 11.2 Å². The first-order valence-electron chi connectivity index (χ1n) is 6.27. The van der Waals surface area contributed by atoms with Crippen molar-refractivity contribution in [3.8, 4) is 0 Å². The maximum absolute atomic E-state index is 12.2. The van der Waals surface area contributed by atoms with Crippen molar-refractivity contribution in [2.45, 2.75) is 44.3 Å². The molecule has 98 valence electrons. The van der Waals surface area contributed by atoms with Crippen LogP contribution in [0.5, 0.6) is 0 Å². The summed E-state index contributed by atoms with van der Waals surface area (Å²) in [5.74, 6) is -0.320. The van der Waals surface area contributed by atoms with Gasteiger partial charge in [-0.05, 0) is 38.6 Å². The van der Waals surface area contributed by atoms with Crippen LogP contribution in [0.1, 0.15) is 39.0 Å². The topological polar surface area (TPSA) is 75.3 Å². The van der Waals surface area contributed by atoms with Crippen LogP contribution in [0.25, 0.3) is 0 Å². The average Bonchev–Trinajstić information content (AvgIpc) is 3.13. The second-order valence-corrected chi connectivity index (χ2v) is 7.05. The van der Waals surface area contributed by atoms with Gasteiger partial charge >= 0.3 is 0 Å². The highest BCUT2D eigenvalue weighted by atomic mass is 32.2. The summed E-state index contributed by atoms with van der Waals surface area (Å²) in [7, 11) is -3.41. The van der Waals surface area contributed by atoms with Gasteiger partial charge in [-0.25, -0.2) is 8.42 Å². The molecule has 1 saturated heterocycles. The van der Waals surface area contributed by atoms with Crippen molar-refractivity contribution in [1.82, 2.24) is 10.0 Å². The first kappa shape index (κ1) is 12.8. The molecule has 1 unspecified atom stereocenters. The quantitative estimate of drug-likeness (QED) is 0.766. The van der Waals surface area contributed by atoms with Gasteiger partial charge in [0.05, 0.1) is 10.7 Å². The van der Waals surface area contributed by atoms with Gasteiger partial charge in [0.1, 0.15) is 0 Å². The van der Waals surface area contributed by atoms with Crippen LogP contribution < -0.4 is 10.0 Å². The molecule has 0 aromatic carbocycles. The van der Waals surface area contributed by atoms with Crippen LogP contribution in [0.4, 0.5) is 0 Å². The number of amides is 1. The summed E-state index contributed by atoms with van der Waals surface area (Å²) in [5.41, 5.74) is -0.541. The summed E-state index contributed by atoms with van der Waals surface area (Å²) in [4.78, 5) is 12.2. The fourth-order valence-corrected chi connectivity index (χ4v) is 3.72. The van der Waals surface area contributed by atoms with E-state index < -0.39 is 15.4 Å². The smallest absolute Gasteiger partial charge is 0.240 e. The molecular weight excluding hydrogens is 240 g/mol. The molecule has 0 bridgehead atoms. The second-order valence-electron chi connectivity index (χ2n) is 5.09. The number of nitrogens with one attached hydrogen (secondary N) is 2. The normalized spacial score (nSPS) is 29.9. The van der Waals surface area contributed by atoms with E-state index in [1.807, 2.05) is 6.92 Å². The number of rotatable bonds is 4. The van der Waals surface area contributed by atoms with Crippen LogP contribution in [-0.4, -0.2) is 32.7 Å². The third-order valence-corrected chi connectivity index (χ3v) is 5.65. The van der Waals surface area contributed by atoms with Crippen molar-refractivity contribution in [2.75, 3.05) is 13.1 Å². The van der Waals surface area contributed by atoms with Gasteiger partial charge in [0.2, 0.25) is 15.9 Å². The van der Waals surface area contributed by atoms with Crippen LogP contribution in [0.2, 0.25) is 0 Å². The van der Waals surface area contributed by atoms with Gasteiger partial charge in [0, 0.05) is 6.54 Å². The van der Waals surface area contributed by atoms with Crippen molar-refractivity contribution in [1.29, 1.82) is 0 Å². The number of sulfonamides is 1. The molecule has 2 N–H and O–H groups in total. The van der Waals surface area contributed by atoms with Crippen molar-refractivity contribution in [3.05, 3.63) is 0 Å². The van der Waals surface area contributed by atoms with Crippen LogP contribution in [0.15, 0.2) is 0 Å². The molecular formula is C11H20N2O3S. The van der Waals surface area contributed by atoms with Crippen LogP contribution in [-0.2, 0) is 14.8 Å². The zero-order valence-electron chi connectivity index (χ0n) is 10.2. The number of carbonyl (C=O) groups is 1. The molecule has 1 saturated carbocycles. The summed E-state index contributed by atoms with van der Waals surface area (Å²) in [6.45, 7) is 3.43. The largest absolute Gasteiger partial charge is 0.316 e. The predicted molar refractivity (Wildman–Crippen MR) is 64.9 cm³/mol. The number of carbonyl (C=O) groups excluding carboxylic acids is 1. The van der Waals surface area contributed by atoms with Crippen molar-refractivity contribution >= 4 is 15.9 Å². The Morgan fingerprint density at radius 1 is 1.47 bits per heavy atom. The van der Waals surface area contributed by atoms with E-state index in [1.165, 1.54) is 0 Å². The minimum Gasteiger partial charge on any atom is -0.316 e. The molecule has 0 spiro atoms. The summed E-state index contributed by atoms with van der Waals surface area (Å²) in [6.07, 6.45) is 3.72. The van der Waals surface area contributed by atoms with Gasteiger partial charge in [-0.1, -0.05) is 6.92 Å². The SMILES string of the molecule is CCC1(C(=O)NS(=O)(=O)C2CC2)CCCNC1. The lowest BCUT2D eigenvalue weighted by molar-refractivity contribution is -0.130.